The number of thiazole rings is 1. The maximum Gasteiger partial charge on any atom is 0.338 e. The SMILES string of the molecule is Cc1ccc(C(=O)OCc2cncs2)cc1N. The van der Waals surface area contributed by atoms with Crippen LogP contribution in [0.1, 0.15) is 20.8 Å². The average Bonchev–Trinajstić information content (AvgIpc) is 2.82. The summed E-state index contributed by atoms with van der Waals surface area (Å²) in [5.41, 5.74) is 9.45. The molecular weight excluding hydrogens is 236 g/mol. The molecule has 1 aromatic heterocycles. The number of carbonyl (C=O) groups is 1. The fraction of sp³-hybridized carbons (Fsp3) is 0.167. The van der Waals surface area contributed by atoms with Crippen molar-refractivity contribution in [1.29, 1.82) is 0 Å². The Labute approximate surface area is 103 Å². The Bertz CT molecular complexity index is 523. The van der Waals surface area contributed by atoms with Crippen LogP contribution in [0.4, 0.5) is 5.69 Å². The van der Waals surface area contributed by atoms with Crippen LogP contribution in [-0.4, -0.2) is 11.0 Å². The van der Waals surface area contributed by atoms with E-state index in [0.29, 0.717) is 11.3 Å². The van der Waals surface area contributed by atoms with Crippen LogP contribution in [0.15, 0.2) is 29.9 Å². The molecular formula is C12H12N2O2S. The van der Waals surface area contributed by atoms with Crippen LogP contribution in [0.3, 0.4) is 0 Å². The minimum absolute atomic E-state index is 0.247. The molecule has 0 fully saturated rings. The lowest BCUT2D eigenvalue weighted by Gasteiger charge is -2.05. The summed E-state index contributed by atoms with van der Waals surface area (Å²) >= 11 is 1.45. The number of nitrogens with two attached hydrogens (primary N) is 1. The zero-order valence-electron chi connectivity index (χ0n) is 9.34. The molecule has 88 valence electrons. The van der Waals surface area contributed by atoms with E-state index in [1.807, 2.05) is 6.92 Å². The second-order valence-electron chi connectivity index (χ2n) is 3.62. The van der Waals surface area contributed by atoms with Crippen LogP contribution in [0.2, 0.25) is 0 Å². The van der Waals surface area contributed by atoms with Crippen molar-refractivity contribution in [3.8, 4) is 0 Å². The second kappa shape index (κ2) is 4.97. The van der Waals surface area contributed by atoms with Gasteiger partial charge in [-0.15, -0.1) is 11.3 Å². The normalized spacial score (nSPS) is 10.2. The van der Waals surface area contributed by atoms with Gasteiger partial charge in [-0.1, -0.05) is 6.07 Å². The first-order chi connectivity index (χ1) is 8.16. The van der Waals surface area contributed by atoms with E-state index in [1.54, 1.807) is 29.9 Å². The van der Waals surface area contributed by atoms with Gasteiger partial charge >= 0.3 is 5.97 Å². The van der Waals surface area contributed by atoms with Crippen molar-refractivity contribution in [1.82, 2.24) is 4.98 Å². The van der Waals surface area contributed by atoms with E-state index in [1.165, 1.54) is 11.3 Å². The fourth-order valence-corrected chi connectivity index (χ4v) is 1.81. The quantitative estimate of drug-likeness (QED) is 0.669. The number of aryl methyl sites for hydroxylation is 1. The Hall–Kier alpha value is -1.88. The third kappa shape index (κ3) is 2.82. The Balaban J connectivity index is 2.02. The molecule has 1 aromatic carbocycles. The first kappa shape index (κ1) is 11.6. The Kier molecular flexibility index (Phi) is 3.39. The van der Waals surface area contributed by atoms with Gasteiger partial charge in [-0.3, -0.25) is 4.98 Å². The first-order valence-corrected chi connectivity index (χ1v) is 5.95. The van der Waals surface area contributed by atoms with E-state index in [0.717, 1.165) is 10.4 Å². The second-order valence-corrected chi connectivity index (χ2v) is 4.59. The third-order valence-corrected chi connectivity index (χ3v) is 3.10. The van der Waals surface area contributed by atoms with Gasteiger partial charge in [0, 0.05) is 11.9 Å². The van der Waals surface area contributed by atoms with E-state index < -0.39 is 0 Å². The summed E-state index contributed by atoms with van der Waals surface area (Å²) in [6, 6.07) is 5.14. The highest BCUT2D eigenvalue weighted by Gasteiger charge is 2.09. The molecule has 1 heterocycles. The first-order valence-electron chi connectivity index (χ1n) is 5.07. The maximum absolute atomic E-state index is 11.7. The molecule has 0 unspecified atom stereocenters. The van der Waals surface area contributed by atoms with Gasteiger partial charge in [-0.2, -0.15) is 0 Å². The zero-order chi connectivity index (χ0) is 12.3. The van der Waals surface area contributed by atoms with Crippen LogP contribution < -0.4 is 5.73 Å². The molecule has 0 bridgehead atoms. The monoisotopic (exact) mass is 248 g/mol. The predicted octanol–water partition coefficient (Wildman–Crippen LogP) is 2.39. The van der Waals surface area contributed by atoms with E-state index >= 15 is 0 Å². The van der Waals surface area contributed by atoms with E-state index in [9.17, 15) is 4.79 Å². The van der Waals surface area contributed by atoms with E-state index in [4.69, 9.17) is 10.5 Å². The van der Waals surface area contributed by atoms with Crippen molar-refractivity contribution in [2.45, 2.75) is 13.5 Å². The van der Waals surface area contributed by atoms with Gasteiger partial charge in [0.1, 0.15) is 6.61 Å². The van der Waals surface area contributed by atoms with Crippen molar-refractivity contribution < 1.29 is 9.53 Å². The van der Waals surface area contributed by atoms with Crippen molar-refractivity contribution >= 4 is 23.0 Å². The van der Waals surface area contributed by atoms with Crippen molar-refractivity contribution in [3.63, 3.8) is 0 Å². The summed E-state index contributed by atoms with van der Waals surface area (Å²) in [4.78, 5) is 16.5. The van der Waals surface area contributed by atoms with Gasteiger partial charge < -0.3 is 10.5 Å². The highest BCUT2D eigenvalue weighted by molar-refractivity contribution is 7.09. The Morgan fingerprint density at radius 2 is 2.35 bits per heavy atom. The summed E-state index contributed by atoms with van der Waals surface area (Å²) in [7, 11) is 0. The number of benzene rings is 1. The molecule has 0 amide bonds. The minimum atomic E-state index is -0.370. The lowest BCUT2D eigenvalue weighted by Crippen LogP contribution is -2.05. The van der Waals surface area contributed by atoms with Gasteiger partial charge in [-0.05, 0) is 24.6 Å². The number of anilines is 1. The molecule has 0 atom stereocenters. The number of nitrogens with zero attached hydrogens (tertiary/aromatic N) is 1. The molecule has 17 heavy (non-hydrogen) atoms. The molecule has 5 heteroatoms. The van der Waals surface area contributed by atoms with Crippen molar-refractivity contribution in [2.24, 2.45) is 0 Å². The van der Waals surface area contributed by atoms with Gasteiger partial charge in [0.15, 0.2) is 0 Å². The van der Waals surface area contributed by atoms with Gasteiger partial charge in [0.2, 0.25) is 0 Å². The molecule has 0 aliphatic rings. The Morgan fingerprint density at radius 3 is 3.00 bits per heavy atom. The van der Waals surface area contributed by atoms with Crippen LogP contribution in [0.25, 0.3) is 0 Å². The lowest BCUT2D eigenvalue weighted by molar-refractivity contribution is 0.0476. The van der Waals surface area contributed by atoms with Gasteiger partial charge in [-0.25, -0.2) is 4.79 Å². The fourth-order valence-electron chi connectivity index (χ4n) is 1.30. The number of hydrogen-bond donors (Lipinski definition) is 1. The summed E-state index contributed by atoms with van der Waals surface area (Å²) in [6.45, 7) is 2.14. The number of ether oxygens (including phenoxy) is 1. The number of nitrogen functional groups attached to an aromatic ring is 1. The molecule has 0 spiro atoms. The van der Waals surface area contributed by atoms with Gasteiger partial charge in [0.05, 0.1) is 16.0 Å². The maximum atomic E-state index is 11.7. The predicted molar refractivity (Wildman–Crippen MR) is 66.8 cm³/mol. The number of hydrogen-bond acceptors (Lipinski definition) is 5. The largest absolute Gasteiger partial charge is 0.456 e. The summed E-state index contributed by atoms with van der Waals surface area (Å²) in [6.07, 6.45) is 1.68. The van der Waals surface area contributed by atoms with Crippen LogP contribution in [0, 0.1) is 6.92 Å². The van der Waals surface area contributed by atoms with Crippen LogP contribution >= 0.6 is 11.3 Å². The number of rotatable bonds is 3. The topological polar surface area (TPSA) is 65.2 Å². The molecule has 0 saturated carbocycles. The molecule has 2 rings (SSSR count). The average molecular weight is 248 g/mol. The molecule has 2 N–H and O–H groups in total. The minimum Gasteiger partial charge on any atom is -0.456 e. The molecule has 4 nitrogen and oxygen atoms in total. The molecule has 2 aromatic rings. The zero-order valence-corrected chi connectivity index (χ0v) is 10.2. The number of aromatic nitrogens is 1. The third-order valence-electron chi connectivity index (χ3n) is 2.34. The molecule has 0 radical (unpaired) electrons. The number of esters is 1. The highest BCUT2D eigenvalue weighted by Crippen LogP contribution is 2.15. The van der Waals surface area contributed by atoms with Crippen molar-refractivity contribution in [3.05, 3.63) is 45.9 Å². The van der Waals surface area contributed by atoms with E-state index in [2.05, 4.69) is 4.98 Å². The standard InChI is InChI=1S/C12H12N2O2S/c1-8-2-3-9(4-11(8)13)12(15)16-6-10-5-14-7-17-10/h2-5,7H,6,13H2,1H3. The summed E-state index contributed by atoms with van der Waals surface area (Å²) in [5.74, 6) is -0.370. The van der Waals surface area contributed by atoms with Crippen LogP contribution in [-0.2, 0) is 11.3 Å². The summed E-state index contributed by atoms with van der Waals surface area (Å²) in [5, 5.41) is 0. The van der Waals surface area contributed by atoms with Gasteiger partial charge in [0.25, 0.3) is 0 Å². The van der Waals surface area contributed by atoms with E-state index in [-0.39, 0.29) is 12.6 Å². The Morgan fingerprint density at radius 1 is 1.53 bits per heavy atom. The van der Waals surface area contributed by atoms with Crippen molar-refractivity contribution in [2.75, 3.05) is 5.73 Å². The molecule has 0 aliphatic heterocycles. The number of carbonyl (C=O) groups excluding carboxylic acids is 1. The smallest absolute Gasteiger partial charge is 0.338 e. The summed E-state index contributed by atoms with van der Waals surface area (Å²) < 4.78 is 5.14. The van der Waals surface area contributed by atoms with Crippen LogP contribution in [0.5, 0.6) is 0 Å². The molecule has 0 aliphatic carbocycles. The highest BCUT2D eigenvalue weighted by atomic mass is 32.1. The molecule has 0 saturated heterocycles. The lowest BCUT2D eigenvalue weighted by atomic mass is 10.1.